The zero-order chi connectivity index (χ0) is 24.9. The van der Waals surface area contributed by atoms with Gasteiger partial charge in [-0.05, 0) is 61.4 Å². The number of para-hydroxylation sites is 1. The minimum Gasteiger partial charge on any atom is -0.350 e. The van der Waals surface area contributed by atoms with Crippen molar-refractivity contribution in [2.24, 2.45) is 0 Å². The molecule has 1 saturated heterocycles. The Hall–Kier alpha value is -3.29. The molecule has 0 bridgehead atoms. The van der Waals surface area contributed by atoms with Gasteiger partial charge in [0.1, 0.15) is 5.37 Å². The number of benzene rings is 3. The molecule has 0 radical (unpaired) electrons. The number of hydrogen-bond acceptors (Lipinski definition) is 4. The fourth-order valence-electron chi connectivity index (χ4n) is 3.81. The Morgan fingerprint density at radius 3 is 2.37 bits per heavy atom. The third-order valence-electron chi connectivity index (χ3n) is 5.53. The first-order chi connectivity index (χ1) is 16.8. The summed E-state index contributed by atoms with van der Waals surface area (Å²) in [5.74, 6) is -0.0621. The topological polar surface area (TPSA) is 78.5 Å². The summed E-state index contributed by atoms with van der Waals surface area (Å²) in [6.07, 6.45) is 0. The number of halogens is 1. The molecular formula is C27H26ClN3O3S. The van der Waals surface area contributed by atoms with Gasteiger partial charge in [-0.1, -0.05) is 48.0 Å². The van der Waals surface area contributed by atoms with E-state index >= 15 is 0 Å². The highest BCUT2D eigenvalue weighted by Crippen LogP contribution is 2.39. The van der Waals surface area contributed by atoms with Gasteiger partial charge in [0.15, 0.2) is 0 Å². The molecule has 3 aromatic carbocycles. The Bertz CT molecular complexity index is 1230. The van der Waals surface area contributed by atoms with Crippen LogP contribution in [0.2, 0.25) is 5.02 Å². The molecule has 6 nitrogen and oxygen atoms in total. The molecule has 1 aliphatic rings. The van der Waals surface area contributed by atoms with Gasteiger partial charge < -0.3 is 15.5 Å². The van der Waals surface area contributed by atoms with Crippen molar-refractivity contribution in [2.75, 3.05) is 11.1 Å². The number of rotatable bonds is 7. The largest absolute Gasteiger partial charge is 0.350 e. The van der Waals surface area contributed by atoms with Gasteiger partial charge in [-0.2, -0.15) is 0 Å². The first-order valence-electron chi connectivity index (χ1n) is 11.3. The molecule has 1 atom stereocenters. The minimum absolute atomic E-state index is 0.0154. The molecule has 0 saturated carbocycles. The summed E-state index contributed by atoms with van der Waals surface area (Å²) >= 11 is 7.55. The lowest BCUT2D eigenvalue weighted by atomic mass is 10.1. The maximum absolute atomic E-state index is 12.9. The maximum atomic E-state index is 12.9. The van der Waals surface area contributed by atoms with Crippen LogP contribution >= 0.6 is 23.4 Å². The minimum atomic E-state index is -0.311. The summed E-state index contributed by atoms with van der Waals surface area (Å²) in [7, 11) is 0. The second-order valence-electron chi connectivity index (χ2n) is 8.56. The third kappa shape index (κ3) is 6.05. The molecule has 4 rings (SSSR count). The molecule has 35 heavy (non-hydrogen) atoms. The second kappa shape index (κ2) is 11.0. The number of hydrogen-bond donors (Lipinski definition) is 2. The molecule has 0 spiro atoms. The molecule has 0 aromatic heterocycles. The molecule has 1 aliphatic heterocycles. The van der Waals surface area contributed by atoms with Crippen LogP contribution in [0.25, 0.3) is 0 Å². The zero-order valence-corrected chi connectivity index (χ0v) is 21.0. The van der Waals surface area contributed by atoms with Gasteiger partial charge in [0.25, 0.3) is 11.8 Å². The fraction of sp³-hybridized carbons (Fsp3) is 0.222. The number of nitrogens with zero attached hydrogens (tertiary/aromatic N) is 1. The molecule has 1 fully saturated rings. The van der Waals surface area contributed by atoms with Crippen molar-refractivity contribution in [3.8, 4) is 0 Å². The highest BCUT2D eigenvalue weighted by atomic mass is 35.5. The maximum Gasteiger partial charge on any atom is 0.255 e. The molecule has 3 amide bonds. The quantitative estimate of drug-likeness (QED) is 0.442. The summed E-state index contributed by atoms with van der Waals surface area (Å²) in [5.41, 5.74) is 3.27. The van der Waals surface area contributed by atoms with Gasteiger partial charge in [0, 0.05) is 23.2 Å². The van der Waals surface area contributed by atoms with E-state index in [2.05, 4.69) is 10.6 Å². The van der Waals surface area contributed by atoms with Crippen molar-refractivity contribution in [1.82, 2.24) is 10.2 Å². The van der Waals surface area contributed by atoms with Crippen molar-refractivity contribution in [2.45, 2.75) is 31.8 Å². The molecule has 0 aliphatic carbocycles. The Labute approximate surface area is 214 Å². The highest BCUT2D eigenvalue weighted by Gasteiger charge is 2.32. The van der Waals surface area contributed by atoms with Crippen molar-refractivity contribution >= 4 is 46.8 Å². The number of anilines is 1. The van der Waals surface area contributed by atoms with E-state index < -0.39 is 0 Å². The van der Waals surface area contributed by atoms with Crippen LogP contribution in [0.1, 0.15) is 51.1 Å². The third-order valence-corrected chi connectivity index (χ3v) is 7.04. The lowest BCUT2D eigenvalue weighted by molar-refractivity contribution is -0.128. The van der Waals surface area contributed by atoms with Crippen molar-refractivity contribution < 1.29 is 14.4 Å². The van der Waals surface area contributed by atoms with Gasteiger partial charge >= 0.3 is 0 Å². The average Bonchev–Trinajstić information content (AvgIpc) is 3.20. The Morgan fingerprint density at radius 2 is 1.69 bits per heavy atom. The van der Waals surface area contributed by atoms with Gasteiger partial charge in [0.2, 0.25) is 5.91 Å². The molecule has 3 aromatic rings. The monoisotopic (exact) mass is 507 g/mol. The highest BCUT2D eigenvalue weighted by molar-refractivity contribution is 8.00. The smallest absolute Gasteiger partial charge is 0.255 e. The van der Waals surface area contributed by atoms with Crippen LogP contribution in [0.15, 0.2) is 72.8 Å². The molecular weight excluding hydrogens is 482 g/mol. The molecule has 180 valence electrons. The van der Waals surface area contributed by atoms with Crippen molar-refractivity contribution in [1.29, 1.82) is 0 Å². The number of amides is 3. The molecule has 2 N–H and O–H groups in total. The zero-order valence-electron chi connectivity index (χ0n) is 19.5. The Morgan fingerprint density at radius 1 is 1.00 bits per heavy atom. The number of carbonyl (C=O) groups is 3. The lowest BCUT2D eigenvalue weighted by Gasteiger charge is -2.24. The van der Waals surface area contributed by atoms with Gasteiger partial charge in [-0.3, -0.25) is 14.4 Å². The van der Waals surface area contributed by atoms with Crippen LogP contribution in [-0.4, -0.2) is 34.4 Å². The Kier molecular flexibility index (Phi) is 7.78. The van der Waals surface area contributed by atoms with Crippen LogP contribution in [0.3, 0.4) is 0 Å². The number of nitrogens with one attached hydrogen (secondary N) is 2. The van der Waals surface area contributed by atoms with E-state index in [-0.39, 0.29) is 29.1 Å². The Balaban J connectivity index is 1.47. The fourth-order valence-corrected chi connectivity index (χ4v) is 5.13. The summed E-state index contributed by atoms with van der Waals surface area (Å²) in [6.45, 7) is 4.26. The molecule has 0 unspecified atom stereocenters. The first-order valence-corrected chi connectivity index (χ1v) is 12.7. The van der Waals surface area contributed by atoms with E-state index in [0.29, 0.717) is 34.1 Å². The second-order valence-corrected chi connectivity index (χ2v) is 10.1. The van der Waals surface area contributed by atoms with Gasteiger partial charge in [-0.25, -0.2) is 0 Å². The van der Waals surface area contributed by atoms with Crippen molar-refractivity contribution in [3.63, 3.8) is 0 Å². The standard InChI is InChI=1S/C27H26ClN3O3S/c1-17(2)29-26(34)22-5-3-4-6-23(22)30-25(33)19-9-11-20(12-10-19)27-31(24(32)16-35-27)15-18-7-13-21(28)14-8-18/h3-14,17,27H,15-16H2,1-2H3,(H,29,34)(H,30,33)/t27-/m0/s1. The van der Waals surface area contributed by atoms with Crippen LogP contribution in [0.4, 0.5) is 5.69 Å². The van der Waals surface area contributed by atoms with E-state index in [0.717, 1.165) is 11.1 Å². The number of carbonyl (C=O) groups excluding carboxylic acids is 3. The predicted molar refractivity (Wildman–Crippen MR) is 141 cm³/mol. The van der Waals surface area contributed by atoms with Crippen LogP contribution < -0.4 is 10.6 Å². The number of thioether (sulfide) groups is 1. The van der Waals surface area contributed by atoms with Crippen LogP contribution in [-0.2, 0) is 11.3 Å². The summed E-state index contributed by atoms with van der Waals surface area (Å²) < 4.78 is 0. The van der Waals surface area contributed by atoms with E-state index in [4.69, 9.17) is 11.6 Å². The lowest BCUT2D eigenvalue weighted by Crippen LogP contribution is -2.31. The van der Waals surface area contributed by atoms with E-state index in [9.17, 15) is 14.4 Å². The van der Waals surface area contributed by atoms with E-state index in [1.54, 1.807) is 48.2 Å². The van der Waals surface area contributed by atoms with Crippen LogP contribution in [0, 0.1) is 0 Å². The van der Waals surface area contributed by atoms with E-state index in [1.807, 2.05) is 55.1 Å². The van der Waals surface area contributed by atoms with Gasteiger partial charge in [-0.15, -0.1) is 11.8 Å². The van der Waals surface area contributed by atoms with Crippen LogP contribution in [0.5, 0.6) is 0 Å². The summed E-state index contributed by atoms with van der Waals surface area (Å²) in [6, 6.07) is 21.6. The summed E-state index contributed by atoms with van der Waals surface area (Å²) in [4.78, 5) is 39.8. The summed E-state index contributed by atoms with van der Waals surface area (Å²) in [5, 5.41) is 6.22. The van der Waals surface area contributed by atoms with Crippen molar-refractivity contribution in [3.05, 3.63) is 100 Å². The SMILES string of the molecule is CC(C)NC(=O)c1ccccc1NC(=O)c1ccc([C@@H]2SCC(=O)N2Cc2ccc(Cl)cc2)cc1. The first kappa shape index (κ1) is 24.8. The molecule has 1 heterocycles. The van der Waals surface area contributed by atoms with Gasteiger partial charge in [0.05, 0.1) is 17.0 Å². The normalized spacial score (nSPS) is 15.4. The predicted octanol–water partition coefficient (Wildman–Crippen LogP) is 5.50. The average molecular weight is 508 g/mol. The van der Waals surface area contributed by atoms with E-state index in [1.165, 1.54) is 0 Å². The molecule has 8 heteroatoms.